The molecule has 1 aromatic heterocycles. The second-order valence-corrected chi connectivity index (χ2v) is 4.57. The van der Waals surface area contributed by atoms with Crippen molar-refractivity contribution in [3.8, 4) is 0 Å². The lowest BCUT2D eigenvalue weighted by Gasteiger charge is -2.10. The van der Waals surface area contributed by atoms with Crippen molar-refractivity contribution in [3.05, 3.63) is 52.1 Å². The fourth-order valence-electron chi connectivity index (χ4n) is 1.57. The maximum Gasteiger partial charge on any atom is 0.259 e. The van der Waals surface area contributed by atoms with Gasteiger partial charge in [0.1, 0.15) is 5.82 Å². The lowest BCUT2D eigenvalue weighted by Crippen LogP contribution is -2.15. The molecule has 0 bridgehead atoms. The first kappa shape index (κ1) is 13.6. The van der Waals surface area contributed by atoms with E-state index in [4.69, 9.17) is 23.2 Å². The Labute approximate surface area is 120 Å². The Kier molecular flexibility index (Phi) is 4.24. The SMILES string of the molecule is CNc1ncccc1C(=O)Nc1cc(Cl)ccc1Cl. The quantitative estimate of drug-likeness (QED) is 0.908. The summed E-state index contributed by atoms with van der Waals surface area (Å²) >= 11 is 11.9. The van der Waals surface area contributed by atoms with E-state index in [1.165, 1.54) is 0 Å². The number of amides is 1. The van der Waals surface area contributed by atoms with Gasteiger partial charge in [0.05, 0.1) is 16.3 Å². The Balaban J connectivity index is 2.28. The third-order valence-electron chi connectivity index (χ3n) is 2.47. The van der Waals surface area contributed by atoms with Gasteiger partial charge >= 0.3 is 0 Å². The minimum absolute atomic E-state index is 0.304. The molecule has 0 unspecified atom stereocenters. The fourth-order valence-corrected chi connectivity index (χ4v) is 1.91. The Morgan fingerprint density at radius 1 is 1.26 bits per heavy atom. The summed E-state index contributed by atoms with van der Waals surface area (Å²) in [6, 6.07) is 8.24. The fraction of sp³-hybridized carbons (Fsp3) is 0.0769. The van der Waals surface area contributed by atoms with E-state index < -0.39 is 0 Å². The molecule has 4 nitrogen and oxygen atoms in total. The van der Waals surface area contributed by atoms with Gasteiger partial charge in [-0.25, -0.2) is 4.98 Å². The van der Waals surface area contributed by atoms with E-state index >= 15 is 0 Å². The van der Waals surface area contributed by atoms with Crippen LogP contribution in [0.25, 0.3) is 0 Å². The lowest BCUT2D eigenvalue weighted by molar-refractivity contribution is 0.102. The Hall–Kier alpha value is -1.78. The summed E-state index contributed by atoms with van der Waals surface area (Å²) < 4.78 is 0. The van der Waals surface area contributed by atoms with Crippen LogP contribution in [0, 0.1) is 0 Å². The molecule has 1 aromatic carbocycles. The second-order valence-electron chi connectivity index (χ2n) is 3.73. The van der Waals surface area contributed by atoms with Crippen molar-refractivity contribution < 1.29 is 4.79 Å². The molecular formula is C13H11Cl2N3O. The number of halogens is 2. The topological polar surface area (TPSA) is 54.0 Å². The molecule has 0 saturated carbocycles. The molecule has 98 valence electrons. The van der Waals surface area contributed by atoms with Crippen molar-refractivity contribution in [2.24, 2.45) is 0 Å². The number of hydrogen-bond donors (Lipinski definition) is 2. The van der Waals surface area contributed by atoms with Crippen LogP contribution in [0.2, 0.25) is 10.0 Å². The van der Waals surface area contributed by atoms with Gasteiger partial charge in [-0.15, -0.1) is 0 Å². The molecule has 2 N–H and O–H groups in total. The summed E-state index contributed by atoms with van der Waals surface area (Å²) in [4.78, 5) is 16.2. The maximum atomic E-state index is 12.2. The predicted octanol–water partition coefficient (Wildman–Crippen LogP) is 3.68. The van der Waals surface area contributed by atoms with E-state index in [0.717, 1.165) is 0 Å². The van der Waals surface area contributed by atoms with Gasteiger partial charge in [-0.05, 0) is 30.3 Å². The van der Waals surface area contributed by atoms with Crippen molar-refractivity contribution in [2.75, 3.05) is 17.7 Å². The van der Waals surface area contributed by atoms with Gasteiger partial charge in [0.15, 0.2) is 0 Å². The number of pyridine rings is 1. The molecule has 0 aliphatic rings. The molecule has 2 aromatic rings. The van der Waals surface area contributed by atoms with Crippen molar-refractivity contribution in [3.63, 3.8) is 0 Å². The molecule has 1 amide bonds. The van der Waals surface area contributed by atoms with Gasteiger partial charge in [0.2, 0.25) is 0 Å². The number of nitrogens with zero attached hydrogens (tertiary/aromatic N) is 1. The molecule has 0 saturated heterocycles. The van der Waals surface area contributed by atoms with Crippen LogP contribution < -0.4 is 10.6 Å². The standard InChI is InChI=1S/C13H11Cl2N3O/c1-16-12-9(3-2-6-17-12)13(19)18-11-7-8(14)4-5-10(11)15/h2-7H,1H3,(H,16,17)(H,18,19). The van der Waals surface area contributed by atoms with Crippen LogP contribution in [-0.4, -0.2) is 17.9 Å². The van der Waals surface area contributed by atoms with Gasteiger partial charge in [0.25, 0.3) is 5.91 Å². The van der Waals surface area contributed by atoms with Crippen LogP contribution in [0.4, 0.5) is 11.5 Å². The number of hydrogen-bond acceptors (Lipinski definition) is 3. The largest absolute Gasteiger partial charge is 0.372 e. The first-order chi connectivity index (χ1) is 9.11. The van der Waals surface area contributed by atoms with Gasteiger partial charge in [-0.2, -0.15) is 0 Å². The maximum absolute atomic E-state index is 12.2. The zero-order valence-corrected chi connectivity index (χ0v) is 11.6. The highest BCUT2D eigenvalue weighted by atomic mass is 35.5. The number of rotatable bonds is 3. The molecule has 0 spiro atoms. The zero-order valence-electron chi connectivity index (χ0n) is 10.1. The second kappa shape index (κ2) is 5.91. The third kappa shape index (κ3) is 3.16. The molecule has 1 heterocycles. The van der Waals surface area contributed by atoms with Crippen LogP contribution in [0.1, 0.15) is 10.4 Å². The molecular weight excluding hydrogens is 285 g/mol. The minimum Gasteiger partial charge on any atom is -0.372 e. The van der Waals surface area contributed by atoms with E-state index in [1.54, 1.807) is 43.6 Å². The van der Waals surface area contributed by atoms with Crippen molar-refractivity contribution >= 4 is 40.6 Å². The van der Waals surface area contributed by atoms with Crippen LogP contribution >= 0.6 is 23.2 Å². The molecule has 0 aliphatic carbocycles. The van der Waals surface area contributed by atoms with Gasteiger partial charge in [0, 0.05) is 18.3 Å². The lowest BCUT2D eigenvalue weighted by atomic mass is 10.2. The number of benzene rings is 1. The monoisotopic (exact) mass is 295 g/mol. The van der Waals surface area contributed by atoms with Crippen LogP contribution in [0.5, 0.6) is 0 Å². The number of anilines is 2. The molecule has 2 rings (SSSR count). The summed E-state index contributed by atoms with van der Waals surface area (Å²) in [6.45, 7) is 0. The first-order valence-electron chi connectivity index (χ1n) is 5.51. The highest BCUT2D eigenvalue weighted by Crippen LogP contribution is 2.26. The molecule has 6 heteroatoms. The number of aromatic nitrogens is 1. The highest BCUT2D eigenvalue weighted by Gasteiger charge is 2.13. The number of carbonyl (C=O) groups is 1. The molecule has 0 radical (unpaired) electrons. The summed E-state index contributed by atoms with van der Waals surface area (Å²) in [5, 5.41) is 6.49. The summed E-state index contributed by atoms with van der Waals surface area (Å²) in [7, 11) is 1.70. The van der Waals surface area contributed by atoms with Gasteiger partial charge in [-0.1, -0.05) is 23.2 Å². The molecule has 0 atom stereocenters. The Morgan fingerprint density at radius 3 is 2.79 bits per heavy atom. The average Bonchev–Trinajstić information content (AvgIpc) is 2.42. The normalized spacial score (nSPS) is 10.1. The predicted molar refractivity (Wildman–Crippen MR) is 78.2 cm³/mol. The molecule has 0 fully saturated rings. The van der Waals surface area contributed by atoms with Gasteiger partial charge < -0.3 is 10.6 Å². The van der Waals surface area contributed by atoms with Gasteiger partial charge in [-0.3, -0.25) is 4.79 Å². The number of carbonyl (C=O) groups excluding carboxylic acids is 1. The summed E-state index contributed by atoms with van der Waals surface area (Å²) in [5.41, 5.74) is 0.895. The minimum atomic E-state index is -0.304. The van der Waals surface area contributed by atoms with Crippen LogP contribution in [0.15, 0.2) is 36.5 Å². The van der Waals surface area contributed by atoms with E-state index in [9.17, 15) is 4.79 Å². The number of nitrogens with one attached hydrogen (secondary N) is 2. The first-order valence-corrected chi connectivity index (χ1v) is 6.26. The van der Waals surface area contributed by atoms with E-state index in [0.29, 0.717) is 27.1 Å². The van der Waals surface area contributed by atoms with E-state index in [2.05, 4.69) is 15.6 Å². The molecule has 0 aliphatic heterocycles. The van der Waals surface area contributed by atoms with Crippen LogP contribution in [-0.2, 0) is 0 Å². The van der Waals surface area contributed by atoms with Crippen molar-refractivity contribution in [1.82, 2.24) is 4.98 Å². The van der Waals surface area contributed by atoms with Crippen molar-refractivity contribution in [2.45, 2.75) is 0 Å². The molecule has 19 heavy (non-hydrogen) atoms. The smallest absolute Gasteiger partial charge is 0.259 e. The third-order valence-corrected chi connectivity index (χ3v) is 3.03. The average molecular weight is 296 g/mol. The van der Waals surface area contributed by atoms with Crippen molar-refractivity contribution in [1.29, 1.82) is 0 Å². The van der Waals surface area contributed by atoms with E-state index in [1.807, 2.05) is 0 Å². The summed E-state index contributed by atoms with van der Waals surface area (Å²) in [5.74, 6) is 0.194. The Morgan fingerprint density at radius 2 is 2.05 bits per heavy atom. The Bertz CT molecular complexity index is 617. The zero-order chi connectivity index (χ0) is 13.8. The van der Waals surface area contributed by atoms with Crippen LogP contribution in [0.3, 0.4) is 0 Å². The summed E-state index contributed by atoms with van der Waals surface area (Å²) in [6.07, 6.45) is 1.61. The highest BCUT2D eigenvalue weighted by molar-refractivity contribution is 6.36. The van der Waals surface area contributed by atoms with E-state index in [-0.39, 0.29) is 5.91 Å².